The monoisotopic (exact) mass is 406 g/mol. The van der Waals surface area contributed by atoms with Gasteiger partial charge in [-0.1, -0.05) is 103 Å². The average molecular weight is 407 g/mol. The second-order valence-electron chi connectivity index (χ2n) is 7.54. The number of nitrogens with zero attached hydrogens (tertiary/aromatic N) is 1. The van der Waals surface area contributed by atoms with E-state index in [1.165, 1.54) is 94.6 Å². The van der Waals surface area contributed by atoms with Crippen LogP contribution < -0.4 is 4.72 Å². The van der Waals surface area contributed by atoms with Crippen molar-refractivity contribution in [2.45, 2.75) is 101 Å². The summed E-state index contributed by atoms with van der Waals surface area (Å²) >= 11 is 3.46. The molecule has 2 nitrogen and oxygen atoms in total. The van der Waals surface area contributed by atoms with Crippen LogP contribution in [0.2, 0.25) is 0 Å². The molecular weight excluding hydrogens is 368 g/mol. The van der Waals surface area contributed by atoms with E-state index < -0.39 is 0 Å². The molecule has 1 N–H and O–H groups in total. The molecule has 0 spiro atoms. The predicted molar refractivity (Wildman–Crippen MR) is 124 cm³/mol. The molecule has 0 aliphatic rings. The Morgan fingerprint density at radius 3 is 1.93 bits per heavy atom. The van der Waals surface area contributed by atoms with Crippen LogP contribution in [-0.4, -0.2) is 11.5 Å². The molecule has 0 atom stereocenters. The summed E-state index contributed by atoms with van der Waals surface area (Å²) < 4.78 is 5.87. The summed E-state index contributed by atoms with van der Waals surface area (Å²) in [7, 11) is 0. The van der Waals surface area contributed by atoms with Gasteiger partial charge in [0.2, 0.25) is 0 Å². The number of rotatable bonds is 17. The van der Waals surface area contributed by atoms with E-state index in [2.05, 4.69) is 40.9 Å². The summed E-state index contributed by atoms with van der Waals surface area (Å²) in [6, 6.07) is 8.36. The zero-order valence-corrected chi connectivity index (χ0v) is 18.8. The molecule has 0 saturated carbocycles. The van der Waals surface area contributed by atoms with Gasteiger partial charge < -0.3 is 0 Å². The standard InChI is InChI=1S/C23H38N2S2/c1-2-3-4-5-6-7-8-9-10-11-12-13-14-17-20-24-27-23-25-21-18-15-16-19-22(21)26-23/h15-16,18-19,24H,2-14,17,20H2,1H3. The maximum absolute atomic E-state index is 4.64. The summed E-state index contributed by atoms with van der Waals surface area (Å²) in [4.78, 5) is 4.64. The van der Waals surface area contributed by atoms with Crippen molar-refractivity contribution in [1.29, 1.82) is 0 Å². The van der Waals surface area contributed by atoms with E-state index in [4.69, 9.17) is 0 Å². The quantitative estimate of drug-likeness (QED) is 0.211. The van der Waals surface area contributed by atoms with Gasteiger partial charge in [-0.2, -0.15) is 0 Å². The zero-order valence-electron chi connectivity index (χ0n) is 17.2. The van der Waals surface area contributed by atoms with Crippen LogP contribution in [0.5, 0.6) is 0 Å². The van der Waals surface area contributed by atoms with E-state index >= 15 is 0 Å². The number of fused-ring (bicyclic) bond motifs is 1. The highest BCUT2D eigenvalue weighted by Gasteiger charge is 2.03. The predicted octanol–water partition coefficient (Wildman–Crippen LogP) is 8.37. The Kier molecular flexibility index (Phi) is 12.9. The van der Waals surface area contributed by atoms with Crippen LogP contribution in [0, 0.1) is 0 Å². The Bertz CT molecular complexity index is 564. The second-order valence-corrected chi connectivity index (χ2v) is 9.71. The third kappa shape index (κ3) is 10.5. The maximum atomic E-state index is 4.64. The lowest BCUT2D eigenvalue weighted by molar-refractivity contribution is 0.535. The van der Waals surface area contributed by atoms with Crippen molar-refractivity contribution >= 4 is 33.5 Å². The molecule has 0 unspecified atom stereocenters. The van der Waals surface area contributed by atoms with Gasteiger partial charge in [0.1, 0.15) is 0 Å². The number of thiazole rings is 1. The van der Waals surface area contributed by atoms with E-state index in [1.807, 2.05) is 0 Å². The van der Waals surface area contributed by atoms with Gasteiger partial charge in [0.15, 0.2) is 4.34 Å². The van der Waals surface area contributed by atoms with Crippen molar-refractivity contribution in [3.63, 3.8) is 0 Å². The number of unbranched alkanes of at least 4 members (excludes halogenated alkanes) is 13. The topological polar surface area (TPSA) is 24.9 Å². The highest BCUT2D eigenvalue weighted by molar-refractivity contribution is 7.99. The van der Waals surface area contributed by atoms with Crippen LogP contribution in [0.4, 0.5) is 0 Å². The second kappa shape index (κ2) is 15.4. The van der Waals surface area contributed by atoms with Gasteiger partial charge in [-0.25, -0.2) is 4.98 Å². The lowest BCUT2D eigenvalue weighted by Gasteiger charge is -2.04. The summed E-state index contributed by atoms with van der Waals surface area (Å²) in [5.41, 5.74) is 1.11. The first-order valence-corrected chi connectivity index (χ1v) is 12.8. The highest BCUT2D eigenvalue weighted by atomic mass is 32.2. The van der Waals surface area contributed by atoms with Crippen molar-refractivity contribution in [1.82, 2.24) is 9.71 Å². The minimum atomic E-state index is 1.08. The number of aromatic nitrogens is 1. The first kappa shape index (κ1) is 22.7. The highest BCUT2D eigenvalue weighted by Crippen LogP contribution is 2.27. The van der Waals surface area contributed by atoms with Crippen molar-refractivity contribution in [2.24, 2.45) is 0 Å². The number of benzene rings is 1. The molecule has 27 heavy (non-hydrogen) atoms. The van der Waals surface area contributed by atoms with Crippen LogP contribution >= 0.6 is 23.3 Å². The smallest absolute Gasteiger partial charge is 0.166 e. The van der Waals surface area contributed by atoms with E-state index in [1.54, 1.807) is 23.3 Å². The molecule has 2 rings (SSSR count). The zero-order chi connectivity index (χ0) is 19.0. The van der Waals surface area contributed by atoms with Crippen LogP contribution in [0.15, 0.2) is 28.6 Å². The van der Waals surface area contributed by atoms with Crippen LogP contribution in [0.25, 0.3) is 10.2 Å². The van der Waals surface area contributed by atoms with Crippen molar-refractivity contribution in [3.8, 4) is 0 Å². The summed E-state index contributed by atoms with van der Waals surface area (Å²) in [5, 5.41) is 0. The fourth-order valence-corrected chi connectivity index (χ4v) is 5.22. The number of hydrogen-bond donors (Lipinski definition) is 1. The summed E-state index contributed by atoms with van der Waals surface area (Å²) in [6.07, 6.45) is 19.8. The Hall–Kier alpha value is -0.580. The fraction of sp³-hybridized carbons (Fsp3) is 0.696. The van der Waals surface area contributed by atoms with Gasteiger partial charge >= 0.3 is 0 Å². The molecule has 1 heterocycles. The third-order valence-corrected chi connectivity index (χ3v) is 7.01. The SMILES string of the molecule is CCCCCCCCCCCCCCCCNSc1nc2ccccc2s1. The number of nitrogens with one attached hydrogen (secondary N) is 1. The molecule has 0 aliphatic heterocycles. The molecule has 1 aromatic heterocycles. The first-order valence-electron chi connectivity index (χ1n) is 11.2. The lowest BCUT2D eigenvalue weighted by atomic mass is 10.0. The Balaban J connectivity index is 1.32. The van der Waals surface area contributed by atoms with Gasteiger partial charge in [0, 0.05) is 6.54 Å². The van der Waals surface area contributed by atoms with Crippen molar-refractivity contribution < 1.29 is 0 Å². The maximum Gasteiger partial charge on any atom is 0.166 e. The molecule has 2 aromatic rings. The van der Waals surface area contributed by atoms with Crippen LogP contribution in [-0.2, 0) is 0 Å². The van der Waals surface area contributed by atoms with Gasteiger partial charge in [-0.15, -0.1) is 11.3 Å². The van der Waals surface area contributed by atoms with E-state index in [0.29, 0.717) is 0 Å². The van der Waals surface area contributed by atoms with Crippen LogP contribution in [0.1, 0.15) is 96.8 Å². The molecule has 1 aromatic carbocycles. The molecule has 0 bridgehead atoms. The van der Waals surface area contributed by atoms with E-state index in [-0.39, 0.29) is 0 Å². The van der Waals surface area contributed by atoms with Gasteiger partial charge in [0.25, 0.3) is 0 Å². The molecular formula is C23H38N2S2. The lowest BCUT2D eigenvalue weighted by Crippen LogP contribution is -2.04. The molecule has 0 amide bonds. The van der Waals surface area contributed by atoms with Crippen LogP contribution in [0.3, 0.4) is 0 Å². The normalized spacial score (nSPS) is 11.4. The first-order chi connectivity index (χ1) is 13.4. The molecule has 4 heteroatoms. The number of para-hydroxylation sites is 1. The van der Waals surface area contributed by atoms with Crippen molar-refractivity contribution in [2.75, 3.05) is 6.54 Å². The molecule has 0 radical (unpaired) electrons. The van der Waals surface area contributed by atoms with Gasteiger partial charge in [0.05, 0.1) is 10.2 Å². The number of hydrogen-bond acceptors (Lipinski definition) is 4. The molecule has 0 aliphatic carbocycles. The minimum absolute atomic E-state index is 1.08. The van der Waals surface area contributed by atoms with E-state index in [0.717, 1.165) is 16.4 Å². The summed E-state index contributed by atoms with van der Waals surface area (Å²) in [5.74, 6) is 0. The Morgan fingerprint density at radius 1 is 0.778 bits per heavy atom. The van der Waals surface area contributed by atoms with Gasteiger partial charge in [-0.05, 0) is 30.5 Å². The fourth-order valence-electron chi connectivity index (χ4n) is 3.40. The van der Waals surface area contributed by atoms with E-state index in [9.17, 15) is 0 Å². The Labute approximate surface area is 175 Å². The molecule has 0 saturated heterocycles. The molecule has 0 fully saturated rings. The molecule has 152 valence electrons. The van der Waals surface area contributed by atoms with Crippen molar-refractivity contribution in [3.05, 3.63) is 24.3 Å². The van der Waals surface area contributed by atoms with Gasteiger partial charge in [-0.3, -0.25) is 4.72 Å². The third-order valence-electron chi connectivity index (χ3n) is 5.07. The largest absolute Gasteiger partial charge is 0.258 e. The Morgan fingerprint density at radius 2 is 1.33 bits per heavy atom. The summed E-state index contributed by atoms with van der Waals surface area (Å²) in [6.45, 7) is 3.37. The average Bonchev–Trinajstić information content (AvgIpc) is 3.10. The minimum Gasteiger partial charge on any atom is -0.258 e.